The number of hydrogen-bond acceptors (Lipinski definition) is 4. The van der Waals surface area contributed by atoms with Crippen molar-refractivity contribution in [3.05, 3.63) is 69.5 Å². The van der Waals surface area contributed by atoms with Gasteiger partial charge in [-0.15, -0.1) is 8.78 Å². The maximum Gasteiger partial charge on any atom is 0.487 e. The Hall–Kier alpha value is -3.11. The molecule has 0 unspecified atom stereocenters. The summed E-state index contributed by atoms with van der Waals surface area (Å²) < 4.78 is 60.6. The molecule has 0 bridgehead atoms. The number of aromatic nitrogens is 1. The molecular weight excluding hydrogens is 468 g/mol. The third-order valence-corrected chi connectivity index (χ3v) is 5.48. The molecule has 0 aliphatic carbocycles. The van der Waals surface area contributed by atoms with Gasteiger partial charge < -0.3 is 14.4 Å². The molecule has 33 heavy (non-hydrogen) atoms. The molecule has 1 fully saturated rings. The van der Waals surface area contributed by atoms with Crippen LogP contribution in [-0.4, -0.2) is 39.2 Å². The van der Waals surface area contributed by atoms with E-state index in [4.69, 9.17) is 11.6 Å². The summed E-state index contributed by atoms with van der Waals surface area (Å²) in [5, 5.41) is 8.76. The molecule has 1 saturated heterocycles. The van der Waals surface area contributed by atoms with Crippen LogP contribution in [-0.2, 0) is 6.54 Å². The van der Waals surface area contributed by atoms with Crippen LogP contribution in [0.3, 0.4) is 0 Å². The maximum absolute atomic E-state index is 14.5. The quantitative estimate of drug-likeness (QED) is 0.404. The molecule has 0 saturated carbocycles. The normalized spacial score (nSPS) is 14.7. The summed E-state index contributed by atoms with van der Waals surface area (Å²) in [4.78, 5) is 26.5. The van der Waals surface area contributed by atoms with Crippen molar-refractivity contribution < 1.29 is 32.2 Å². The first kappa shape index (κ1) is 23.1. The smallest absolute Gasteiger partial charge is 0.477 e. The molecule has 3 aromatic rings. The number of pyridine rings is 1. The van der Waals surface area contributed by atoms with Crippen molar-refractivity contribution in [1.82, 2.24) is 9.47 Å². The van der Waals surface area contributed by atoms with E-state index >= 15 is 0 Å². The van der Waals surface area contributed by atoms with Crippen molar-refractivity contribution in [2.24, 2.45) is 0 Å². The predicted octanol–water partition coefficient (Wildman–Crippen LogP) is 4.73. The van der Waals surface area contributed by atoms with Crippen molar-refractivity contribution in [2.45, 2.75) is 25.0 Å². The molecule has 6 nitrogen and oxygen atoms in total. The number of rotatable bonds is 6. The Morgan fingerprint density at radius 2 is 1.79 bits per heavy atom. The van der Waals surface area contributed by atoms with Gasteiger partial charge in [0.2, 0.25) is 11.2 Å². The van der Waals surface area contributed by atoms with Crippen LogP contribution < -0.4 is 10.2 Å². The van der Waals surface area contributed by atoms with Crippen LogP contribution in [0.4, 0.5) is 17.6 Å². The highest BCUT2D eigenvalue weighted by molar-refractivity contribution is 6.21. The van der Waals surface area contributed by atoms with Crippen LogP contribution >= 0.6 is 11.6 Å². The van der Waals surface area contributed by atoms with E-state index in [1.807, 2.05) is 0 Å². The number of fused-ring (bicyclic) bond motifs is 1. The van der Waals surface area contributed by atoms with Gasteiger partial charge in [0.15, 0.2) is 11.6 Å². The molecule has 0 amide bonds. The first-order chi connectivity index (χ1) is 15.5. The Bertz CT molecular complexity index is 1280. The number of aromatic carboxylic acids is 1. The zero-order chi connectivity index (χ0) is 23.9. The first-order valence-corrected chi connectivity index (χ1v) is 10.3. The molecule has 1 aliphatic rings. The minimum atomic E-state index is -4.42. The number of carboxylic acids is 1. The van der Waals surface area contributed by atoms with Crippen molar-refractivity contribution in [3.63, 3.8) is 0 Å². The third-order valence-electron chi connectivity index (χ3n) is 5.41. The molecule has 1 aromatic heterocycles. The Kier molecular flexibility index (Phi) is 6.06. The summed E-state index contributed by atoms with van der Waals surface area (Å²) in [6.45, 7) is 2.61. The maximum atomic E-state index is 14.5. The molecule has 2 heterocycles. The lowest BCUT2D eigenvalue weighted by Crippen LogP contribution is -2.22. The first-order valence-electron chi connectivity index (χ1n) is 9.93. The van der Waals surface area contributed by atoms with E-state index in [1.165, 1.54) is 0 Å². The molecule has 1 N–H and O–H groups in total. The van der Waals surface area contributed by atoms with Crippen LogP contribution in [0.5, 0.6) is 5.75 Å². The summed E-state index contributed by atoms with van der Waals surface area (Å²) in [5.41, 5.74) is -5.82. The second-order valence-electron chi connectivity index (χ2n) is 7.64. The molecule has 4 rings (SSSR count). The number of nitrogens with zero attached hydrogens (tertiary/aromatic N) is 2. The highest BCUT2D eigenvalue weighted by Gasteiger charge is 2.33. The fraction of sp³-hybridized carbons (Fsp3) is 0.273. The van der Waals surface area contributed by atoms with Gasteiger partial charge in [0.25, 0.3) is 0 Å². The number of alkyl halides is 3. The predicted molar refractivity (Wildman–Crippen MR) is 112 cm³/mol. The summed E-state index contributed by atoms with van der Waals surface area (Å²) in [7, 11) is 0. The standard InChI is InChI=1S/C22H17ClF4N2O4/c23-22(26,27)33-20-17(25)16(24)9-14-18(20)29(11-15(19(14)30)21(31)32)13-5-3-12(4-6-13)10-28-7-1-2-8-28/h3-6,9,11H,1-2,7-8,10H2,(H,31,32). The lowest BCUT2D eigenvalue weighted by molar-refractivity contribution is -0.0978. The number of benzene rings is 2. The van der Waals surface area contributed by atoms with Crippen LogP contribution in [0.1, 0.15) is 28.8 Å². The highest BCUT2D eigenvalue weighted by Crippen LogP contribution is 2.36. The summed E-state index contributed by atoms with van der Waals surface area (Å²) in [5.74, 6) is -6.42. The lowest BCUT2D eigenvalue weighted by atomic mass is 10.1. The Balaban J connectivity index is 1.94. The van der Waals surface area contributed by atoms with Crippen molar-refractivity contribution in [2.75, 3.05) is 13.1 Å². The number of carboxylic acid groups (broad SMARTS) is 1. The molecule has 1 aliphatic heterocycles. The summed E-state index contributed by atoms with van der Waals surface area (Å²) in [6, 6.07) is 7.00. The molecule has 0 radical (unpaired) electrons. The van der Waals surface area contributed by atoms with Gasteiger partial charge in [-0.2, -0.15) is 4.39 Å². The fourth-order valence-electron chi connectivity index (χ4n) is 3.93. The molecule has 174 valence electrons. The van der Waals surface area contributed by atoms with E-state index < -0.39 is 50.8 Å². The SMILES string of the molecule is O=C(O)c1cn(-c2ccc(CN3CCCC3)cc2)c2c(OC(F)(F)Cl)c(F)c(F)cc2c1=O. The van der Waals surface area contributed by atoms with E-state index in [1.54, 1.807) is 24.3 Å². The average Bonchev–Trinajstić information content (AvgIpc) is 3.25. The number of likely N-dealkylation sites (tertiary alicyclic amines) is 1. The minimum Gasteiger partial charge on any atom is -0.477 e. The molecule has 2 aromatic carbocycles. The summed E-state index contributed by atoms with van der Waals surface area (Å²) >= 11 is 4.78. The van der Waals surface area contributed by atoms with Crippen molar-refractivity contribution in [1.29, 1.82) is 0 Å². The molecule has 0 spiro atoms. The van der Waals surface area contributed by atoms with Crippen molar-refractivity contribution >= 4 is 28.5 Å². The second-order valence-corrected chi connectivity index (χ2v) is 8.08. The van der Waals surface area contributed by atoms with Gasteiger partial charge in [0.1, 0.15) is 11.1 Å². The number of hydrogen-bond donors (Lipinski definition) is 1. The number of ether oxygens (including phenoxy) is 1. The van der Waals surface area contributed by atoms with Gasteiger partial charge in [0, 0.05) is 30.0 Å². The molecule has 11 heteroatoms. The van der Waals surface area contributed by atoms with Gasteiger partial charge in [-0.1, -0.05) is 12.1 Å². The fourth-order valence-corrected chi connectivity index (χ4v) is 4.01. The number of halogens is 5. The summed E-state index contributed by atoms with van der Waals surface area (Å²) in [6.07, 6.45) is 3.06. The van der Waals surface area contributed by atoms with Gasteiger partial charge in [0.05, 0.1) is 5.39 Å². The van der Waals surface area contributed by atoms with E-state index in [-0.39, 0.29) is 5.69 Å². The van der Waals surface area contributed by atoms with Gasteiger partial charge in [-0.25, -0.2) is 9.18 Å². The second kappa shape index (κ2) is 8.68. The van der Waals surface area contributed by atoms with Gasteiger partial charge >= 0.3 is 11.5 Å². The molecular formula is C22H17ClF4N2O4. The largest absolute Gasteiger partial charge is 0.487 e. The lowest BCUT2D eigenvalue weighted by Gasteiger charge is -2.19. The van der Waals surface area contributed by atoms with E-state index in [0.29, 0.717) is 12.6 Å². The van der Waals surface area contributed by atoms with Crippen LogP contribution in [0.2, 0.25) is 0 Å². The zero-order valence-corrected chi connectivity index (χ0v) is 17.7. The topological polar surface area (TPSA) is 71.8 Å². The van der Waals surface area contributed by atoms with Gasteiger partial charge in [-0.05, 0) is 49.7 Å². The third kappa shape index (κ3) is 4.67. The average molecular weight is 485 g/mol. The zero-order valence-electron chi connectivity index (χ0n) is 17.0. The highest BCUT2D eigenvalue weighted by atomic mass is 35.5. The Morgan fingerprint density at radius 3 is 2.36 bits per heavy atom. The van der Waals surface area contributed by atoms with Crippen molar-refractivity contribution in [3.8, 4) is 11.4 Å². The molecule has 0 atom stereocenters. The number of carbonyl (C=O) groups is 1. The van der Waals surface area contributed by atoms with Crippen LogP contribution in [0, 0.1) is 11.6 Å². The van der Waals surface area contributed by atoms with Crippen LogP contribution in [0.15, 0.2) is 41.3 Å². The van der Waals surface area contributed by atoms with E-state index in [9.17, 15) is 32.3 Å². The minimum absolute atomic E-state index is 0.210. The van der Waals surface area contributed by atoms with Crippen LogP contribution in [0.25, 0.3) is 16.6 Å². The monoisotopic (exact) mass is 484 g/mol. The van der Waals surface area contributed by atoms with E-state index in [0.717, 1.165) is 42.3 Å². The Labute approximate surface area is 189 Å². The van der Waals surface area contributed by atoms with Gasteiger partial charge in [-0.3, -0.25) is 9.69 Å². The van der Waals surface area contributed by atoms with E-state index in [2.05, 4.69) is 9.64 Å². The Morgan fingerprint density at radius 1 is 1.15 bits per heavy atom.